The van der Waals surface area contributed by atoms with E-state index in [4.69, 9.17) is 4.74 Å². The summed E-state index contributed by atoms with van der Waals surface area (Å²) in [6, 6.07) is 6.64. The maximum Gasteiger partial charge on any atom is 0.288 e. The van der Waals surface area contributed by atoms with Gasteiger partial charge in [0.1, 0.15) is 17.8 Å². The molecule has 0 aliphatic heterocycles. The highest BCUT2D eigenvalue weighted by atomic mass is 79.9. The lowest BCUT2D eigenvalue weighted by Crippen LogP contribution is -1.93. The van der Waals surface area contributed by atoms with Crippen molar-refractivity contribution in [3.05, 3.63) is 56.9 Å². The SMILES string of the molecule is O=[N+]([O-])c1cnc(Oc2ccc(F)cc2)c(Br)c1. The molecule has 1 aromatic carbocycles. The Labute approximate surface area is 110 Å². The molecule has 0 N–H and O–H groups in total. The van der Waals surface area contributed by atoms with Crippen molar-refractivity contribution in [1.29, 1.82) is 0 Å². The van der Waals surface area contributed by atoms with Gasteiger partial charge in [-0.15, -0.1) is 0 Å². The van der Waals surface area contributed by atoms with Crippen molar-refractivity contribution in [2.45, 2.75) is 0 Å². The van der Waals surface area contributed by atoms with E-state index >= 15 is 0 Å². The Morgan fingerprint density at radius 2 is 2.00 bits per heavy atom. The fraction of sp³-hybridized carbons (Fsp3) is 0. The molecule has 1 heterocycles. The number of hydrogen-bond donors (Lipinski definition) is 0. The van der Waals surface area contributed by atoms with Crippen LogP contribution in [0.15, 0.2) is 41.0 Å². The van der Waals surface area contributed by atoms with Crippen molar-refractivity contribution < 1.29 is 14.1 Å². The van der Waals surface area contributed by atoms with Gasteiger partial charge in [0.05, 0.1) is 9.40 Å². The molecule has 0 aliphatic carbocycles. The van der Waals surface area contributed by atoms with Crippen molar-refractivity contribution >= 4 is 21.6 Å². The van der Waals surface area contributed by atoms with Crippen molar-refractivity contribution in [2.24, 2.45) is 0 Å². The summed E-state index contributed by atoms with van der Waals surface area (Å²) in [6.07, 6.45) is 1.09. The number of hydrogen-bond acceptors (Lipinski definition) is 4. The van der Waals surface area contributed by atoms with E-state index in [9.17, 15) is 14.5 Å². The van der Waals surface area contributed by atoms with Gasteiger partial charge in [-0.05, 0) is 40.2 Å². The van der Waals surface area contributed by atoms with Crippen LogP contribution in [0.1, 0.15) is 0 Å². The minimum atomic E-state index is -0.556. The number of pyridine rings is 1. The maximum atomic E-state index is 12.7. The molecular weight excluding hydrogens is 307 g/mol. The molecule has 0 saturated carbocycles. The molecule has 0 unspecified atom stereocenters. The third-order valence-corrected chi connectivity index (χ3v) is 2.60. The second-order valence-electron chi connectivity index (χ2n) is 3.29. The van der Waals surface area contributed by atoms with Crippen molar-refractivity contribution in [3.8, 4) is 11.6 Å². The lowest BCUT2D eigenvalue weighted by molar-refractivity contribution is -0.385. The van der Waals surface area contributed by atoms with Crippen LogP contribution >= 0.6 is 15.9 Å². The fourth-order valence-electron chi connectivity index (χ4n) is 1.20. The summed E-state index contributed by atoms with van der Waals surface area (Å²) >= 11 is 3.12. The summed E-state index contributed by atoms with van der Waals surface area (Å²) in [5.74, 6) is 0.184. The second kappa shape index (κ2) is 5.09. The molecule has 1 aromatic heterocycles. The molecular formula is C11H6BrFN2O3. The summed E-state index contributed by atoms with van der Waals surface area (Å²) in [5.41, 5.74) is -0.145. The zero-order valence-electron chi connectivity index (χ0n) is 8.84. The molecule has 92 valence electrons. The second-order valence-corrected chi connectivity index (χ2v) is 4.15. The molecule has 0 aliphatic rings. The Balaban J connectivity index is 2.24. The van der Waals surface area contributed by atoms with Crippen LogP contribution in [0.25, 0.3) is 0 Å². The average Bonchev–Trinajstić information content (AvgIpc) is 2.34. The summed E-state index contributed by atoms with van der Waals surface area (Å²) in [5, 5.41) is 10.5. The third kappa shape index (κ3) is 2.80. The zero-order chi connectivity index (χ0) is 13.1. The number of rotatable bonds is 3. The standard InChI is InChI=1S/C11H6BrFN2O3/c12-10-5-8(15(16)17)6-14-11(10)18-9-3-1-7(13)2-4-9/h1-6H. The van der Waals surface area contributed by atoms with Crippen LogP contribution in [0.4, 0.5) is 10.1 Å². The average molecular weight is 313 g/mol. The molecule has 2 aromatic rings. The van der Waals surface area contributed by atoms with Crippen LogP contribution < -0.4 is 4.74 Å². The van der Waals surface area contributed by atoms with Gasteiger partial charge in [0.25, 0.3) is 5.69 Å². The first-order valence-electron chi connectivity index (χ1n) is 4.79. The Bertz CT molecular complexity index is 589. The number of aromatic nitrogens is 1. The summed E-state index contributed by atoms with van der Waals surface area (Å²) < 4.78 is 18.4. The summed E-state index contributed by atoms with van der Waals surface area (Å²) in [7, 11) is 0. The van der Waals surface area contributed by atoms with E-state index in [1.165, 1.54) is 30.3 Å². The highest BCUT2D eigenvalue weighted by Crippen LogP contribution is 2.30. The van der Waals surface area contributed by atoms with Crippen LogP contribution in [0.2, 0.25) is 0 Å². The van der Waals surface area contributed by atoms with E-state index in [2.05, 4.69) is 20.9 Å². The van der Waals surface area contributed by atoms with Crippen LogP contribution in [-0.2, 0) is 0 Å². The fourth-order valence-corrected chi connectivity index (χ4v) is 1.62. The molecule has 5 nitrogen and oxygen atoms in total. The summed E-state index contributed by atoms with van der Waals surface area (Å²) in [4.78, 5) is 13.8. The van der Waals surface area contributed by atoms with Gasteiger partial charge in [-0.25, -0.2) is 9.37 Å². The normalized spacial score (nSPS) is 10.1. The Morgan fingerprint density at radius 1 is 1.33 bits per heavy atom. The molecule has 0 fully saturated rings. The highest BCUT2D eigenvalue weighted by Gasteiger charge is 2.12. The van der Waals surface area contributed by atoms with E-state index in [1.807, 2.05) is 0 Å². The molecule has 7 heteroatoms. The summed E-state index contributed by atoms with van der Waals surface area (Å²) in [6.45, 7) is 0. The third-order valence-electron chi connectivity index (χ3n) is 2.03. The van der Waals surface area contributed by atoms with Gasteiger partial charge in [-0.1, -0.05) is 0 Å². The topological polar surface area (TPSA) is 65.3 Å². The molecule has 0 amide bonds. The first-order chi connectivity index (χ1) is 8.56. The molecule has 0 spiro atoms. The van der Waals surface area contributed by atoms with Gasteiger partial charge < -0.3 is 4.74 Å². The Kier molecular flexibility index (Phi) is 3.52. The van der Waals surface area contributed by atoms with Crippen molar-refractivity contribution in [1.82, 2.24) is 4.98 Å². The predicted octanol–water partition coefficient (Wildman–Crippen LogP) is 3.68. The molecule has 0 saturated heterocycles. The molecule has 0 radical (unpaired) electrons. The lowest BCUT2D eigenvalue weighted by atomic mass is 10.3. The molecule has 18 heavy (non-hydrogen) atoms. The predicted molar refractivity (Wildman–Crippen MR) is 65.1 cm³/mol. The van der Waals surface area contributed by atoms with Gasteiger partial charge in [-0.2, -0.15) is 0 Å². The molecule has 2 rings (SSSR count). The van der Waals surface area contributed by atoms with Gasteiger partial charge >= 0.3 is 0 Å². The van der Waals surface area contributed by atoms with Crippen LogP contribution in [0.5, 0.6) is 11.6 Å². The molecule has 0 bridgehead atoms. The zero-order valence-corrected chi connectivity index (χ0v) is 10.4. The van der Waals surface area contributed by atoms with E-state index < -0.39 is 4.92 Å². The van der Waals surface area contributed by atoms with Crippen LogP contribution in [-0.4, -0.2) is 9.91 Å². The number of halogens is 2. The smallest absolute Gasteiger partial charge is 0.288 e. The minimum Gasteiger partial charge on any atom is -0.438 e. The van der Waals surface area contributed by atoms with Gasteiger partial charge in [-0.3, -0.25) is 10.1 Å². The van der Waals surface area contributed by atoms with E-state index in [0.717, 1.165) is 6.20 Å². The minimum absolute atomic E-state index is 0.145. The Morgan fingerprint density at radius 3 is 2.56 bits per heavy atom. The lowest BCUT2D eigenvalue weighted by Gasteiger charge is -2.05. The largest absolute Gasteiger partial charge is 0.438 e. The van der Waals surface area contributed by atoms with Crippen molar-refractivity contribution in [2.75, 3.05) is 0 Å². The van der Waals surface area contributed by atoms with Crippen molar-refractivity contribution in [3.63, 3.8) is 0 Å². The number of nitro groups is 1. The monoisotopic (exact) mass is 312 g/mol. The van der Waals surface area contributed by atoms with Gasteiger partial charge in [0, 0.05) is 6.07 Å². The number of benzene rings is 1. The van der Waals surface area contributed by atoms with Gasteiger partial charge in [0.15, 0.2) is 0 Å². The number of ether oxygens (including phenoxy) is 1. The van der Waals surface area contributed by atoms with Crippen LogP contribution in [0, 0.1) is 15.9 Å². The quantitative estimate of drug-likeness (QED) is 0.640. The van der Waals surface area contributed by atoms with E-state index in [0.29, 0.717) is 10.2 Å². The highest BCUT2D eigenvalue weighted by molar-refractivity contribution is 9.10. The first-order valence-corrected chi connectivity index (χ1v) is 5.59. The van der Waals surface area contributed by atoms with Gasteiger partial charge in [0.2, 0.25) is 5.88 Å². The van der Waals surface area contributed by atoms with E-state index in [1.54, 1.807) is 0 Å². The maximum absolute atomic E-state index is 12.7. The number of nitrogens with zero attached hydrogens (tertiary/aromatic N) is 2. The Hall–Kier alpha value is -2.02. The first kappa shape index (κ1) is 12.4. The van der Waals surface area contributed by atoms with Crippen LogP contribution in [0.3, 0.4) is 0 Å². The van der Waals surface area contributed by atoms with E-state index in [-0.39, 0.29) is 17.4 Å². The molecule has 0 atom stereocenters.